The van der Waals surface area contributed by atoms with E-state index in [2.05, 4.69) is 21.0 Å². The van der Waals surface area contributed by atoms with Crippen LogP contribution in [0.3, 0.4) is 0 Å². The van der Waals surface area contributed by atoms with Crippen molar-refractivity contribution in [2.45, 2.75) is 6.92 Å². The molecule has 0 aliphatic rings. The standard InChI is InChI=1S/C20H15N5O/c1-13-11-25(12-23-13)20-15-7-6-14(26-2)9-16(15)19(18(10-21)24-20)17-5-3-4-8-22-17/h3-9,11-12H,1-2H3. The van der Waals surface area contributed by atoms with E-state index in [0.717, 1.165) is 16.5 Å². The molecule has 0 N–H and O–H groups in total. The van der Waals surface area contributed by atoms with Gasteiger partial charge in [-0.2, -0.15) is 5.26 Å². The van der Waals surface area contributed by atoms with E-state index < -0.39 is 0 Å². The van der Waals surface area contributed by atoms with Crippen LogP contribution in [0.15, 0.2) is 55.1 Å². The highest BCUT2D eigenvalue weighted by Crippen LogP contribution is 2.35. The molecule has 126 valence electrons. The van der Waals surface area contributed by atoms with Gasteiger partial charge in [-0.3, -0.25) is 9.55 Å². The predicted molar refractivity (Wildman–Crippen MR) is 98.1 cm³/mol. The summed E-state index contributed by atoms with van der Waals surface area (Å²) in [6.45, 7) is 1.91. The van der Waals surface area contributed by atoms with Crippen LogP contribution >= 0.6 is 0 Å². The minimum absolute atomic E-state index is 0.311. The van der Waals surface area contributed by atoms with Gasteiger partial charge in [0.15, 0.2) is 5.69 Å². The Kier molecular flexibility index (Phi) is 3.82. The zero-order chi connectivity index (χ0) is 18.1. The zero-order valence-corrected chi connectivity index (χ0v) is 14.3. The molecule has 0 saturated heterocycles. The molecule has 4 aromatic rings. The molecule has 0 radical (unpaired) electrons. The van der Waals surface area contributed by atoms with Crippen LogP contribution in [0.1, 0.15) is 11.4 Å². The lowest BCUT2D eigenvalue weighted by atomic mass is 10.00. The Balaban J connectivity index is 2.13. The predicted octanol–water partition coefficient (Wildman–Crippen LogP) is 3.67. The van der Waals surface area contributed by atoms with Crippen molar-refractivity contribution in [3.8, 4) is 28.9 Å². The average molecular weight is 341 g/mol. The molecule has 6 nitrogen and oxygen atoms in total. The van der Waals surface area contributed by atoms with Crippen molar-refractivity contribution in [2.24, 2.45) is 0 Å². The fraction of sp³-hybridized carbons (Fsp3) is 0.100. The fourth-order valence-corrected chi connectivity index (χ4v) is 2.99. The number of nitriles is 1. The van der Waals surface area contributed by atoms with Crippen molar-refractivity contribution in [2.75, 3.05) is 7.11 Å². The highest BCUT2D eigenvalue weighted by molar-refractivity contribution is 6.02. The van der Waals surface area contributed by atoms with E-state index in [0.29, 0.717) is 28.5 Å². The number of hydrogen-bond acceptors (Lipinski definition) is 5. The van der Waals surface area contributed by atoms with Crippen LogP contribution in [-0.4, -0.2) is 26.6 Å². The number of benzene rings is 1. The number of methoxy groups -OCH3 is 1. The summed E-state index contributed by atoms with van der Waals surface area (Å²) in [5.41, 5.74) is 2.58. The van der Waals surface area contributed by atoms with Crippen molar-refractivity contribution in [1.29, 1.82) is 5.26 Å². The smallest absolute Gasteiger partial charge is 0.152 e. The molecule has 0 atom stereocenters. The van der Waals surface area contributed by atoms with E-state index in [1.54, 1.807) is 19.6 Å². The van der Waals surface area contributed by atoms with Crippen molar-refractivity contribution in [1.82, 2.24) is 19.5 Å². The van der Waals surface area contributed by atoms with Gasteiger partial charge in [-0.25, -0.2) is 9.97 Å². The number of nitrogens with zero attached hydrogens (tertiary/aromatic N) is 5. The van der Waals surface area contributed by atoms with Crippen LogP contribution in [0, 0.1) is 18.3 Å². The molecule has 0 spiro atoms. The number of pyridine rings is 2. The summed E-state index contributed by atoms with van der Waals surface area (Å²) < 4.78 is 7.22. The summed E-state index contributed by atoms with van der Waals surface area (Å²) in [4.78, 5) is 13.3. The molecule has 0 unspecified atom stereocenters. The lowest BCUT2D eigenvalue weighted by molar-refractivity contribution is 0.415. The summed E-state index contributed by atoms with van der Waals surface area (Å²) in [5.74, 6) is 1.36. The Morgan fingerprint density at radius 3 is 2.65 bits per heavy atom. The first-order chi connectivity index (χ1) is 12.7. The summed E-state index contributed by atoms with van der Waals surface area (Å²) in [7, 11) is 1.62. The largest absolute Gasteiger partial charge is 0.497 e. The molecule has 3 heterocycles. The van der Waals surface area contributed by atoms with E-state index in [1.807, 2.05) is 54.1 Å². The van der Waals surface area contributed by atoms with Gasteiger partial charge in [0, 0.05) is 28.7 Å². The summed E-state index contributed by atoms with van der Waals surface area (Å²) in [5, 5.41) is 11.5. The van der Waals surface area contributed by atoms with Crippen LogP contribution in [0.4, 0.5) is 0 Å². The normalized spacial score (nSPS) is 10.7. The number of aryl methyl sites for hydroxylation is 1. The van der Waals surface area contributed by atoms with Gasteiger partial charge in [0.05, 0.1) is 18.5 Å². The molecule has 0 fully saturated rings. The van der Waals surface area contributed by atoms with E-state index in [4.69, 9.17) is 4.74 Å². The van der Waals surface area contributed by atoms with Crippen LogP contribution in [0.25, 0.3) is 27.8 Å². The Hall–Kier alpha value is -3.72. The third kappa shape index (κ3) is 2.56. The van der Waals surface area contributed by atoms with Crippen molar-refractivity contribution >= 4 is 10.8 Å². The molecular weight excluding hydrogens is 326 g/mol. The van der Waals surface area contributed by atoms with Gasteiger partial charge in [0.1, 0.15) is 24.0 Å². The van der Waals surface area contributed by atoms with Crippen LogP contribution < -0.4 is 4.74 Å². The lowest BCUT2D eigenvalue weighted by Gasteiger charge is -2.13. The average Bonchev–Trinajstić information content (AvgIpc) is 3.12. The minimum atomic E-state index is 0.311. The minimum Gasteiger partial charge on any atom is -0.497 e. The quantitative estimate of drug-likeness (QED) is 0.568. The van der Waals surface area contributed by atoms with E-state index in [1.165, 1.54) is 0 Å². The van der Waals surface area contributed by atoms with Crippen LogP contribution in [0.5, 0.6) is 5.75 Å². The molecule has 0 amide bonds. The van der Waals surface area contributed by atoms with Gasteiger partial charge < -0.3 is 4.74 Å². The fourth-order valence-electron chi connectivity index (χ4n) is 2.99. The Labute approximate surface area is 150 Å². The molecule has 6 heteroatoms. The summed E-state index contributed by atoms with van der Waals surface area (Å²) >= 11 is 0. The molecule has 0 saturated carbocycles. The summed E-state index contributed by atoms with van der Waals surface area (Å²) in [6, 6.07) is 13.6. The third-order valence-corrected chi connectivity index (χ3v) is 4.17. The van der Waals surface area contributed by atoms with Gasteiger partial charge in [-0.1, -0.05) is 6.07 Å². The first kappa shape index (κ1) is 15.8. The molecule has 4 rings (SSSR count). The molecule has 0 aliphatic carbocycles. The first-order valence-corrected chi connectivity index (χ1v) is 8.05. The van der Waals surface area contributed by atoms with E-state index in [9.17, 15) is 5.26 Å². The molecule has 0 aliphatic heterocycles. The highest BCUT2D eigenvalue weighted by atomic mass is 16.5. The molecule has 1 aromatic carbocycles. The number of fused-ring (bicyclic) bond motifs is 1. The highest BCUT2D eigenvalue weighted by Gasteiger charge is 2.18. The monoisotopic (exact) mass is 341 g/mol. The van der Waals surface area contributed by atoms with E-state index in [-0.39, 0.29) is 0 Å². The van der Waals surface area contributed by atoms with Crippen molar-refractivity contribution in [3.63, 3.8) is 0 Å². The van der Waals surface area contributed by atoms with Crippen LogP contribution in [-0.2, 0) is 0 Å². The van der Waals surface area contributed by atoms with Gasteiger partial charge in [0.25, 0.3) is 0 Å². The number of rotatable bonds is 3. The van der Waals surface area contributed by atoms with Gasteiger partial charge in [-0.05, 0) is 37.3 Å². The third-order valence-electron chi connectivity index (χ3n) is 4.17. The maximum Gasteiger partial charge on any atom is 0.152 e. The van der Waals surface area contributed by atoms with Gasteiger partial charge >= 0.3 is 0 Å². The molecular formula is C20H15N5O. The molecule has 0 bridgehead atoms. The van der Waals surface area contributed by atoms with E-state index >= 15 is 0 Å². The second-order valence-corrected chi connectivity index (χ2v) is 5.82. The maximum atomic E-state index is 9.75. The Bertz CT molecular complexity index is 1140. The number of ether oxygens (including phenoxy) is 1. The van der Waals surface area contributed by atoms with Crippen LogP contribution in [0.2, 0.25) is 0 Å². The number of hydrogen-bond donors (Lipinski definition) is 0. The first-order valence-electron chi connectivity index (χ1n) is 8.05. The second kappa shape index (κ2) is 6.30. The number of imidazole rings is 1. The Morgan fingerprint density at radius 1 is 1.12 bits per heavy atom. The summed E-state index contributed by atoms with van der Waals surface area (Å²) in [6.07, 6.45) is 5.28. The second-order valence-electron chi connectivity index (χ2n) is 5.82. The maximum absolute atomic E-state index is 9.75. The number of aromatic nitrogens is 4. The molecule has 3 aromatic heterocycles. The van der Waals surface area contributed by atoms with Crippen molar-refractivity contribution < 1.29 is 4.74 Å². The molecule has 26 heavy (non-hydrogen) atoms. The van der Waals surface area contributed by atoms with Gasteiger partial charge in [0.2, 0.25) is 0 Å². The SMILES string of the molecule is COc1ccc2c(-n3cnc(C)c3)nc(C#N)c(-c3ccccn3)c2c1. The lowest BCUT2D eigenvalue weighted by Crippen LogP contribution is -2.02. The van der Waals surface area contributed by atoms with Gasteiger partial charge in [-0.15, -0.1) is 0 Å². The topological polar surface area (TPSA) is 76.6 Å². The zero-order valence-electron chi connectivity index (χ0n) is 14.3. The Morgan fingerprint density at radius 2 is 2.00 bits per heavy atom. The van der Waals surface area contributed by atoms with Crippen molar-refractivity contribution in [3.05, 3.63) is 66.5 Å².